The largest absolute Gasteiger partial charge is 0.383 e. The number of rotatable bonds is 7. The van der Waals surface area contributed by atoms with E-state index >= 15 is 0 Å². The van der Waals surface area contributed by atoms with E-state index in [1.807, 2.05) is 6.20 Å². The summed E-state index contributed by atoms with van der Waals surface area (Å²) in [5.74, 6) is 0.423. The molecule has 4 heteroatoms. The lowest BCUT2D eigenvalue weighted by Gasteiger charge is -2.13. The number of nitrogens with one attached hydrogen (secondary N) is 1. The third kappa shape index (κ3) is 3.93. The molecule has 0 bridgehead atoms. The number of methoxy groups -OCH3 is 1. The Morgan fingerprint density at radius 1 is 1.33 bits per heavy atom. The number of benzene rings is 1. The standard InChI is InChI=1S/C17H25N3O/c1-13(2)17-15(11-18-8-9-21-4)12-19-20(17)16-7-5-6-14(3)10-16/h5-7,10,12-13,18H,8-9,11H2,1-4H3. The minimum atomic E-state index is 0.423. The van der Waals surface area contributed by atoms with Gasteiger partial charge < -0.3 is 10.1 Å². The molecule has 2 aromatic rings. The van der Waals surface area contributed by atoms with Gasteiger partial charge in [-0.1, -0.05) is 26.0 Å². The molecular weight excluding hydrogens is 262 g/mol. The van der Waals surface area contributed by atoms with E-state index in [2.05, 4.69) is 60.1 Å². The van der Waals surface area contributed by atoms with Gasteiger partial charge in [-0.05, 0) is 30.5 Å². The molecule has 21 heavy (non-hydrogen) atoms. The first kappa shape index (κ1) is 15.7. The minimum Gasteiger partial charge on any atom is -0.383 e. The first-order chi connectivity index (χ1) is 10.1. The first-order valence-corrected chi connectivity index (χ1v) is 7.47. The molecular formula is C17H25N3O. The molecule has 1 N–H and O–H groups in total. The summed E-state index contributed by atoms with van der Waals surface area (Å²) < 4.78 is 7.12. The number of hydrogen-bond acceptors (Lipinski definition) is 3. The Balaban J connectivity index is 2.24. The Kier molecular flexibility index (Phi) is 5.53. The second-order valence-corrected chi connectivity index (χ2v) is 5.63. The maximum atomic E-state index is 5.06. The SMILES string of the molecule is COCCNCc1cnn(-c2cccc(C)c2)c1C(C)C. The predicted octanol–water partition coefficient (Wildman–Crippen LogP) is 3.04. The van der Waals surface area contributed by atoms with Crippen LogP contribution in [0, 0.1) is 6.92 Å². The molecule has 0 aliphatic heterocycles. The highest BCUT2D eigenvalue weighted by atomic mass is 16.5. The zero-order chi connectivity index (χ0) is 15.2. The predicted molar refractivity (Wildman–Crippen MR) is 86.0 cm³/mol. The van der Waals surface area contributed by atoms with Gasteiger partial charge in [0.25, 0.3) is 0 Å². The molecule has 4 nitrogen and oxygen atoms in total. The molecule has 0 radical (unpaired) electrons. The van der Waals surface area contributed by atoms with Gasteiger partial charge in [0, 0.05) is 25.8 Å². The van der Waals surface area contributed by atoms with Crippen molar-refractivity contribution < 1.29 is 4.74 Å². The summed E-state index contributed by atoms with van der Waals surface area (Å²) in [5, 5.41) is 7.99. The van der Waals surface area contributed by atoms with Gasteiger partial charge in [-0.25, -0.2) is 4.68 Å². The van der Waals surface area contributed by atoms with Crippen molar-refractivity contribution in [3.8, 4) is 5.69 Å². The molecule has 114 valence electrons. The molecule has 0 amide bonds. The second-order valence-electron chi connectivity index (χ2n) is 5.63. The molecule has 0 saturated carbocycles. The van der Waals surface area contributed by atoms with Crippen molar-refractivity contribution in [2.75, 3.05) is 20.3 Å². The van der Waals surface area contributed by atoms with E-state index in [-0.39, 0.29) is 0 Å². The maximum Gasteiger partial charge on any atom is 0.0651 e. The number of nitrogens with zero attached hydrogens (tertiary/aromatic N) is 2. The molecule has 0 fully saturated rings. The zero-order valence-electron chi connectivity index (χ0n) is 13.4. The zero-order valence-corrected chi connectivity index (χ0v) is 13.4. The van der Waals surface area contributed by atoms with Crippen molar-refractivity contribution in [1.82, 2.24) is 15.1 Å². The summed E-state index contributed by atoms with van der Waals surface area (Å²) in [6.45, 7) is 8.93. The fourth-order valence-electron chi connectivity index (χ4n) is 2.51. The summed E-state index contributed by atoms with van der Waals surface area (Å²) in [5.41, 5.74) is 4.90. The van der Waals surface area contributed by atoms with Gasteiger partial charge in [0.2, 0.25) is 0 Å². The smallest absolute Gasteiger partial charge is 0.0651 e. The van der Waals surface area contributed by atoms with Crippen LogP contribution in [0.1, 0.15) is 36.6 Å². The molecule has 1 aromatic carbocycles. The van der Waals surface area contributed by atoms with Crippen LogP contribution in [0.4, 0.5) is 0 Å². The van der Waals surface area contributed by atoms with Crippen molar-refractivity contribution in [3.05, 3.63) is 47.3 Å². The Hall–Kier alpha value is -1.65. The Labute approximate surface area is 127 Å². The van der Waals surface area contributed by atoms with Crippen LogP contribution in [0.3, 0.4) is 0 Å². The summed E-state index contributed by atoms with van der Waals surface area (Å²) in [4.78, 5) is 0. The molecule has 1 heterocycles. The quantitative estimate of drug-likeness (QED) is 0.796. The van der Waals surface area contributed by atoms with Gasteiger partial charge >= 0.3 is 0 Å². The van der Waals surface area contributed by atoms with Crippen molar-refractivity contribution in [1.29, 1.82) is 0 Å². The highest BCUT2D eigenvalue weighted by Gasteiger charge is 2.15. The summed E-state index contributed by atoms with van der Waals surface area (Å²) in [6.07, 6.45) is 1.97. The molecule has 0 aliphatic rings. The normalized spacial score (nSPS) is 11.3. The third-order valence-electron chi connectivity index (χ3n) is 3.48. The highest BCUT2D eigenvalue weighted by Crippen LogP contribution is 2.23. The number of aromatic nitrogens is 2. The van der Waals surface area contributed by atoms with E-state index in [0.29, 0.717) is 5.92 Å². The topological polar surface area (TPSA) is 39.1 Å². The average molecular weight is 287 g/mol. The lowest BCUT2D eigenvalue weighted by Crippen LogP contribution is -2.19. The lowest BCUT2D eigenvalue weighted by atomic mass is 10.1. The van der Waals surface area contributed by atoms with Crippen LogP contribution in [-0.4, -0.2) is 30.0 Å². The molecule has 0 atom stereocenters. The van der Waals surface area contributed by atoms with Crippen LogP contribution in [0.25, 0.3) is 5.69 Å². The van der Waals surface area contributed by atoms with Crippen LogP contribution in [-0.2, 0) is 11.3 Å². The van der Waals surface area contributed by atoms with E-state index in [1.54, 1.807) is 7.11 Å². The summed E-state index contributed by atoms with van der Waals surface area (Å²) in [7, 11) is 1.72. The second kappa shape index (κ2) is 7.38. The van der Waals surface area contributed by atoms with E-state index in [0.717, 1.165) is 25.4 Å². The first-order valence-electron chi connectivity index (χ1n) is 7.47. The number of hydrogen-bond donors (Lipinski definition) is 1. The lowest BCUT2D eigenvalue weighted by molar-refractivity contribution is 0.199. The highest BCUT2D eigenvalue weighted by molar-refractivity contribution is 5.38. The Morgan fingerprint density at radius 2 is 2.14 bits per heavy atom. The fourth-order valence-corrected chi connectivity index (χ4v) is 2.51. The Morgan fingerprint density at radius 3 is 2.81 bits per heavy atom. The molecule has 2 rings (SSSR count). The van der Waals surface area contributed by atoms with Gasteiger partial charge in [-0.15, -0.1) is 0 Å². The molecule has 0 saturated heterocycles. The summed E-state index contributed by atoms with van der Waals surface area (Å²) >= 11 is 0. The van der Waals surface area contributed by atoms with Gasteiger partial charge in [0.05, 0.1) is 24.2 Å². The molecule has 1 aromatic heterocycles. The summed E-state index contributed by atoms with van der Waals surface area (Å²) in [6, 6.07) is 8.46. The van der Waals surface area contributed by atoms with Crippen LogP contribution < -0.4 is 5.32 Å². The molecule has 0 spiro atoms. The van der Waals surface area contributed by atoms with E-state index in [1.165, 1.54) is 16.8 Å². The van der Waals surface area contributed by atoms with E-state index in [4.69, 9.17) is 4.74 Å². The van der Waals surface area contributed by atoms with Crippen LogP contribution in [0.15, 0.2) is 30.5 Å². The molecule has 0 unspecified atom stereocenters. The fraction of sp³-hybridized carbons (Fsp3) is 0.471. The van der Waals surface area contributed by atoms with Crippen LogP contribution in [0.5, 0.6) is 0 Å². The minimum absolute atomic E-state index is 0.423. The Bertz CT molecular complexity index is 575. The van der Waals surface area contributed by atoms with Crippen LogP contribution >= 0.6 is 0 Å². The number of aryl methyl sites for hydroxylation is 1. The van der Waals surface area contributed by atoms with Crippen molar-refractivity contribution in [2.24, 2.45) is 0 Å². The average Bonchev–Trinajstić information content (AvgIpc) is 2.87. The van der Waals surface area contributed by atoms with Gasteiger partial charge in [0.15, 0.2) is 0 Å². The third-order valence-corrected chi connectivity index (χ3v) is 3.48. The maximum absolute atomic E-state index is 5.06. The molecule has 0 aliphatic carbocycles. The van der Waals surface area contributed by atoms with Gasteiger partial charge in [-0.3, -0.25) is 0 Å². The monoisotopic (exact) mass is 287 g/mol. The van der Waals surface area contributed by atoms with E-state index < -0.39 is 0 Å². The number of ether oxygens (including phenoxy) is 1. The van der Waals surface area contributed by atoms with E-state index in [9.17, 15) is 0 Å². The van der Waals surface area contributed by atoms with Crippen molar-refractivity contribution in [3.63, 3.8) is 0 Å². The van der Waals surface area contributed by atoms with Crippen LogP contribution in [0.2, 0.25) is 0 Å². The van der Waals surface area contributed by atoms with Gasteiger partial charge in [-0.2, -0.15) is 5.10 Å². The van der Waals surface area contributed by atoms with Gasteiger partial charge in [0.1, 0.15) is 0 Å². The van der Waals surface area contributed by atoms with Crippen molar-refractivity contribution in [2.45, 2.75) is 33.2 Å². The van der Waals surface area contributed by atoms with Crippen molar-refractivity contribution >= 4 is 0 Å².